The SMILES string of the molecule is Brc1nc2c(o1)CCc1occc1-2. The molecular weight excluding hydrogens is 234 g/mol. The van der Waals surface area contributed by atoms with Crippen molar-refractivity contribution in [1.29, 1.82) is 0 Å². The monoisotopic (exact) mass is 239 g/mol. The van der Waals surface area contributed by atoms with Gasteiger partial charge in [0.2, 0.25) is 0 Å². The van der Waals surface area contributed by atoms with Crippen LogP contribution in [0.25, 0.3) is 11.3 Å². The van der Waals surface area contributed by atoms with E-state index >= 15 is 0 Å². The molecule has 0 amide bonds. The van der Waals surface area contributed by atoms with Crippen molar-refractivity contribution in [3.05, 3.63) is 28.7 Å². The van der Waals surface area contributed by atoms with Gasteiger partial charge in [-0.05, 0) is 6.07 Å². The first kappa shape index (κ1) is 7.38. The van der Waals surface area contributed by atoms with Crippen molar-refractivity contribution in [2.24, 2.45) is 0 Å². The third-order valence-electron chi connectivity index (χ3n) is 2.25. The van der Waals surface area contributed by atoms with Crippen LogP contribution >= 0.6 is 15.9 Å². The predicted molar refractivity (Wildman–Crippen MR) is 49.3 cm³/mol. The lowest BCUT2D eigenvalue weighted by Crippen LogP contribution is -1.99. The summed E-state index contributed by atoms with van der Waals surface area (Å²) >= 11 is 3.22. The molecule has 1 aliphatic carbocycles. The van der Waals surface area contributed by atoms with Crippen molar-refractivity contribution >= 4 is 15.9 Å². The number of aryl methyl sites for hydroxylation is 2. The topological polar surface area (TPSA) is 39.2 Å². The molecule has 4 heteroatoms. The summed E-state index contributed by atoms with van der Waals surface area (Å²) in [5.74, 6) is 1.95. The summed E-state index contributed by atoms with van der Waals surface area (Å²) in [4.78, 5) is 4.80. The minimum absolute atomic E-state index is 0.548. The van der Waals surface area contributed by atoms with Crippen LogP contribution in [0.2, 0.25) is 0 Å². The number of hydrogen-bond donors (Lipinski definition) is 0. The minimum Gasteiger partial charge on any atom is -0.469 e. The summed E-state index contributed by atoms with van der Waals surface area (Å²) in [6.45, 7) is 0. The molecule has 0 N–H and O–H groups in total. The van der Waals surface area contributed by atoms with Crippen LogP contribution in [0, 0.1) is 0 Å². The Morgan fingerprint density at radius 1 is 1.31 bits per heavy atom. The highest BCUT2D eigenvalue weighted by atomic mass is 79.9. The molecule has 0 bridgehead atoms. The van der Waals surface area contributed by atoms with Gasteiger partial charge in [0.1, 0.15) is 17.2 Å². The van der Waals surface area contributed by atoms with E-state index in [0.717, 1.165) is 35.6 Å². The molecule has 13 heavy (non-hydrogen) atoms. The van der Waals surface area contributed by atoms with Gasteiger partial charge >= 0.3 is 0 Å². The van der Waals surface area contributed by atoms with Gasteiger partial charge in [-0.1, -0.05) is 0 Å². The molecule has 0 unspecified atom stereocenters. The zero-order valence-corrected chi connectivity index (χ0v) is 8.30. The Morgan fingerprint density at radius 2 is 2.15 bits per heavy atom. The molecule has 0 fully saturated rings. The van der Waals surface area contributed by atoms with Crippen LogP contribution in [0.1, 0.15) is 11.5 Å². The molecule has 0 spiro atoms. The normalized spacial score (nSPS) is 13.9. The fourth-order valence-electron chi connectivity index (χ4n) is 1.68. The van der Waals surface area contributed by atoms with Gasteiger partial charge in [0, 0.05) is 34.3 Å². The quantitative estimate of drug-likeness (QED) is 0.710. The molecule has 2 aromatic heterocycles. The highest BCUT2D eigenvalue weighted by molar-refractivity contribution is 9.10. The molecule has 2 heterocycles. The fourth-order valence-corrected chi connectivity index (χ4v) is 2.05. The number of hydrogen-bond acceptors (Lipinski definition) is 3. The Balaban J connectivity index is 2.29. The highest BCUT2D eigenvalue weighted by Crippen LogP contribution is 2.34. The van der Waals surface area contributed by atoms with Crippen molar-refractivity contribution in [3.63, 3.8) is 0 Å². The Kier molecular flexibility index (Phi) is 1.41. The van der Waals surface area contributed by atoms with Gasteiger partial charge in [-0.25, -0.2) is 4.98 Å². The van der Waals surface area contributed by atoms with Crippen molar-refractivity contribution in [2.75, 3.05) is 0 Å². The van der Waals surface area contributed by atoms with Gasteiger partial charge in [-0.3, -0.25) is 0 Å². The summed E-state index contributed by atoms with van der Waals surface area (Å²) in [5, 5.41) is 0. The van der Waals surface area contributed by atoms with E-state index in [-0.39, 0.29) is 0 Å². The van der Waals surface area contributed by atoms with Crippen molar-refractivity contribution in [1.82, 2.24) is 4.98 Å². The van der Waals surface area contributed by atoms with E-state index < -0.39 is 0 Å². The molecule has 0 aliphatic heterocycles. The van der Waals surface area contributed by atoms with Gasteiger partial charge in [-0.2, -0.15) is 0 Å². The molecule has 2 aromatic rings. The molecule has 0 aromatic carbocycles. The molecule has 3 nitrogen and oxygen atoms in total. The van der Waals surface area contributed by atoms with Gasteiger partial charge in [0.15, 0.2) is 0 Å². The molecule has 1 aliphatic rings. The van der Waals surface area contributed by atoms with E-state index in [1.165, 1.54) is 0 Å². The summed E-state index contributed by atoms with van der Waals surface area (Å²) in [6.07, 6.45) is 3.47. The van der Waals surface area contributed by atoms with Crippen molar-refractivity contribution in [3.8, 4) is 11.3 Å². The van der Waals surface area contributed by atoms with E-state index in [2.05, 4.69) is 20.9 Å². The predicted octanol–water partition coefficient (Wildman–Crippen LogP) is 2.80. The summed E-state index contributed by atoms with van der Waals surface area (Å²) in [6, 6.07) is 1.93. The van der Waals surface area contributed by atoms with Crippen LogP contribution in [-0.2, 0) is 12.8 Å². The van der Waals surface area contributed by atoms with Crippen LogP contribution in [0.3, 0.4) is 0 Å². The van der Waals surface area contributed by atoms with Crippen LogP contribution in [0.15, 0.2) is 26.0 Å². The number of oxazole rings is 1. The van der Waals surface area contributed by atoms with E-state index in [1.54, 1.807) is 6.26 Å². The van der Waals surface area contributed by atoms with Crippen LogP contribution in [-0.4, -0.2) is 4.98 Å². The number of furan rings is 1. The Hall–Kier alpha value is -1.03. The lowest BCUT2D eigenvalue weighted by Gasteiger charge is -2.06. The number of fused-ring (bicyclic) bond motifs is 3. The van der Waals surface area contributed by atoms with E-state index in [1.807, 2.05) is 6.07 Å². The minimum atomic E-state index is 0.548. The molecule has 0 atom stereocenters. The number of nitrogens with zero attached hydrogens (tertiary/aromatic N) is 1. The first-order chi connectivity index (χ1) is 6.34. The Labute approximate surface area is 82.9 Å². The summed E-state index contributed by atoms with van der Waals surface area (Å²) < 4.78 is 10.7. The van der Waals surface area contributed by atoms with Crippen LogP contribution < -0.4 is 0 Å². The molecule has 66 valence electrons. The summed E-state index contributed by atoms with van der Waals surface area (Å²) in [7, 11) is 0. The highest BCUT2D eigenvalue weighted by Gasteiger charge is 2.23. The van der Waals surface area contributed by atoms with Crippen LogP contribution in [0.5, 0.6) is 0 Å². The number of halogens is 1. The summed E-state index contributed by atoms with van der Waals surface area (Å²) in [5.41, 5.74) is 1.98. The second-order valence-electron chi connectivity index (χ2n) is 3.00. The second kappa shape index (κ2) is 2.48. The third kappa shape index (κ3) is 0.983. The van der Waals surface area contributed by atoms with Crippen molar-refractivity contribution in [2.45, 2.75) is 12.8 Å². The number of rotatable bonds is 0. The molecule has 3 rings (SSSR count). The second-order valence-corrected chi connectivity index (χ2v) is 3.67. The zero-order chi connectivity index (χ0) is 8.84. The fraction of sp³-hybridized carbons (Fsp3) is 0.222. The molecule has 0 radical (unpaired) electrons. The van der Waals surface area contributed by atoms with Crippen LogP contribution in [0.4, 0.5) is 0 Å². The molecule has 0 saturated heterocycles. The smallest absolute Gasteiger partial charge is 0.264 e. The molecular formula is C9H6BrNO2. The third-order valence-corrected chi connectivity index (χ3v) is 2.59. The lowest BCUT2D eigenvalue weighted by atomic mass is 10.0. The standard InChI is InChI=1S/C9H6BrNO2/c10-9-11-8-5-3-4-12-6(5)1-2-7(8)13-9/h3-4H,1-2H2. The van der Waals surface area contributed by atoms with Gasteiger partial charge in [0.25, 0.3) is 4.80 Å². The van der Waals surface area contributed by atoms with E-state index in [9.17, 15) is 0 Å². The Morgan fingerprint density at radius 3 is 3.08 bits per heavy atom. The van der Waals surface area contributed by atoms with Gasteiger partial charge in [0.05, 0.1) is 6.26 Å². The lowest BCUT2D eigenvalue weighted by molar-refractivity contribution is 0.456. The first-order valence-electron chi connectivity index (χ1n) is 4.06. The van der Waals surface area contributed by atoms with Gasteiger partial charge in [-0.15, -0.1) is 0 Å². The van der Waals surface area contributed by atoms with E-state index in [0.29, 0.717) is 4.80 Å². The maximum atomic E-state index is 5.40. The number of aromatic nitrogens is 1. The first-order valence-corrected chi connectivity index (χ1v) is 4.86. The maximum absolute atomic E-state index is 5.40. The zero-order valence-electron chi connectivity index (χ0n) is 6.71. The van der Waals surface area contributed by atoms with E-state index in [4.69, 9.17) is 8.83 Å². The Bertz CT molecular complexity index is 458. The van der Waals surface area contributed by atoms with Gasteiger partial charge < -0.3 is 8.83 Å². The molecule has 0 saturated carbocycles. The van der Waals surface area contributed by atoms with Crippen molar-refractivity contribution < 1.29 is 8.83 Å². The average Bonchev–Trinajstić information content (AvgIpc) is 2.65. The maximum Gasteiger partial charge on any atom is 0.264 e. The average molecular weight is 240 g/mol. The largest absolute Gasteiger partial charge is 0.469 e.